The van der Waals surface area contributed by atoms with Gasteiger partial charge in [0.2, 0.25) is 5.91 Å². The van der Waals surface area contributed by atoms with E-state index >= 15 is 0 Å². The number of likely N-dealkylation sites (tertiary alicyclic amines) is 1. The smallest absolute Gasteiger partial charge is 0.222 e. The molecule has 0 radical (unpaired) electrons. The maximum Gasteiger partial charge on any atom is 0.222 e. The van der Waals surface area contributed by atoms with Gasteiger partial charge in [-0.25, -0.2) is 4.39 Å². The van der Waals surface area contributed by atoms with Crippen LogP contribution >= 0.6 is 0 Å². The van der Waals surface area contributed by atoms with E-state index in [2.05, 4.69) is 11.9 Å². The molecule has 1 amide bonds. The summed E-state index contributed by atoms with van der Waals surface area (Å²) in [5, 5.41) is 0. The molecule has 0 aromatic rings. The molecule has 0 aliphatic carbocycles. The van der Waals surface area contributed by atoms with Crippen LogP contribution in [0.25, 0.3) is 0 Å². The fourth-order valence-electron chi connectivity index (χ4n) is 2.34. The summed E-state index contributed by atoms with van der Waals surface area (Å²) >= 11 is 0. The Balaban J connectivity index is 2.66. The summed E-state index contributed by atoms with van der Waals surface area (Å²) in [5.74, 6) is 0.0743. The molecule has 3 nitrogen and oxygen atoms in total. The maximum absolute atomic E-state index is 13.8. The molecule has 4 heteroatoms. The minimum atomic E-state index is -1.31. The molecule has 0 aromatic carbocycles. The molecule has 100 valence electrons. The van der Waals surface area contributed by atoms with Crippen molar-refractivity contribution < 1.29 is 9.18 Å². The van der Waals surface area contributed by atoms with E-state index in [4.69, 9.17) is 0 Å². The number of hydrogen-bond donors (Lipinski definition) is 0. The third kappa shape index (κ3) is 4.62. The van der Waals surface area contributed by atoms with Crippen molar-refractivity contribution in [3.05, 3.63) is 0 Å². The van der Waals surface area contributed by atoms with Gasteiger partial charge in [0.15, 0.2) is 0 Å². The number of piperidine rings is 1. The van der Waals surface area contributed by atoms with Crippen LogP contribution in [0.3, 0.4) is 0 Å². The van der Waals surface area contributed by atoms with Gasteiger partial charge in [0.25, 0.3) is 0 Å². The predicted molar refractivity (Wildman–Crippen MR) is 67.7 cm³/mol. The molecule has 1 saturated heterocycles. The summed E-state index contributed by atoms with van der Waals surface area (Å²) in [7, 11) is 2.08. The van der Waals surface area contributed by atoms with E-state index in [1.807, 2.05) is 6.92 Å². The zero-order chi connectivity index (χ0) is 13.1. The topological polar surface area (TPSA) is 23.6 Å². The van der Waals surface area contributed by atoms with Gasteiger partial charge in [-0.1, -0.05) is 6.92 Å². The van der Waals surface area contributed by atoms with E-state index in [-0.39, 0.29) is 18.5 Å². The van der Waals surface area contributed by atoms with Gasteiger partial charge in [-0.2, -0.15) is 0 Å². The minimum absolute atomic E-state index is 0.0743. The van der Waals surface area contributed by atoms with Gasteiger partial charge in [-0.15, -0.1) is 0 Å². The van der Waals surface area contributed by atoms with Crippen LogP contribution < -0.4 is 0 Å². The molecule has 0 atom stereocenters. The fraction of sp³-hybridized carbons (Fsp3) is 0.923. The van der Waals surface area contributed by atoms with Gasteiger partial charge in [-0.3, -0.25) is 4.79 Å². The van der Waals surface area contributed by atoms with Crippen LogP contribution in [-0.4, -0.2) is 54.1 Å². The lowest BCUT2D eigenvalue weighted by Crippen LogP contribution is -2.50. The lowest BCUT2D eigenvalue weighted by Gasteiger charge is -2.39. The van der Waals surface area contributed by atoms with Gasteiger partial charge in [-0.05, 0) is 46.8 Å². The van der Waals surface area contributed by atoms with E-state index in [9.17, 15) is 9.18 Å². The molecular weight excluding hydrogens is 219 g/mol. The number of rotatable bonds is 4. The van der Waals surface area contributed by atoms with Crippen molar-refractivity contribution in [2.24, 2.45) is 0 Å². The molecule has 1 rings (SSSR count). The molecule has 0 unspecified atom stereocenters. The zero-order valence-electron chi connectivity index (χ0n) is 11.5. The highest BCUT2D eigenvalue weighted by atomic mass is 19.1. The van der Waals surface area contributed by atoms with Crippen LogP contribution in [0.2, 0.25) is 0 Å². The van der Waals surface area contributed by atoms with E-state index in [1.54, 1.807) is 4.90 Å². The highest BCUT2D eigenvalue weighted by Gasteiger charge is 2.30. The number of amides is 1. The largest absolute Gasteiger partial charge is 0.336 e. The standard InChI is InChI=1S/C13H25FN2O/c1-5-12(17)16(10-13(2,3)14)11-6-8-15(4)9-7-11/h11H,5-10H2,1-4H3. The number of nitrogens with zero attached hydrogens (tertiary/aromatic N) is 2. The van der Waals surface area contributed by atoms with Crippen LogP contribution in [0.5, 0.6) is 0 Å². The Labute approximate surface area is 104 Å². The van der Waals surface area contributed by atoms with Crippen LogP contribution in [0.4, 0.5) is 4.39 Å². The zero-order valence-corrected chi connectivity index (χ0v) is 11.5. The molecule has 0 saturated carbocycles. The average molecular weight is 244 g/mol. The molecule has 0 aromatic heterocycles. The van der Waals surface area contributed by atoms with Crippen molar-refractivity contribution >= 4 is 5.91 Å². The Hall–Kier alpha value is -0.640. The quantitative estimate of drug-likeness (QED) is 0.756. The van der Waals surface area contributed by atoms with E-state index in [0.717, 1.165) is 25.9 Å². The van der Waals surface area contributed by atoms with Crippen molar-refractivity contribution in [2.75, 3.05) is 26.7 Å². The summed E-state index contributed by atoms with van der Waals surface area (Å²) in [6.45, 7) is 7.12. The highest BCUT2D eigenvalue weighted by Crippen LogP contribution is 2.20. The summed E-state index contributed by atoms with van der Waals surface area (Å²) in [6.07, 6.45) is 2.37. The Kier molecular flexibility index (Phi) is 4.92. The summed E-state index contributed by atoms with van der Waals surface area (Å²) in [6, 6.07) is 0.216. The molecule has 1 fully saturated rings. The molecule has 0 N–H and O–H groups in total. The Bertz CT molecular complexity index is 255. The highest BCUT2D eigenvalue weighted by molar-refractivity contribution is 5.76. The third-order valence-corrected chi connectivity index (χ3v) is 3.30. The van der Waals surface area contributed by atoms with Crippen molar-refractivity contribution in [3.63, 3.8) is 0 Å². The average Bonchev–Trinajstić information content (AvgIpc) is 2.25. The molecule has 1 heterocycles. The lowest BCUT2D eigenvalue weighted by atomic mass is 10.0. The van der Waals surface area contributed by atoms with Crippen molar-refractivity contribution in [2.45, 2.75) is 51.7 Å². The van der Waals surface area contributed by atoms with Crippen LogP contribution in [0.15, 0.2) is 0 Å². The Morgan fingerprint density at radius 1 is 1.41 bits per heavy atom. The normalized spacial score (nSPS) is 19.4. The molecule has 1 aliphatic rings. The molecule has 1 aliphatic heterocycles. The van der Waals surface area contributed by atoms with E-state index in [1.165, 1.54) is 13.8 Å². The van der Waals surface area contributed by atoms with Gasteiger partial charge in [0.1, 0.15) is 5.67 Å². The summed E-state index contributed by atoms with van der Waals surface area (Å²) < 4.78 is 13.8. The van der Waals surface area contributed by atoms with E-state index in [0.29, 0.717) is 6.42 Å². The Morgan fingerprint density at radius 2 is 1.94 bits per heavy atom. The fourth-order valence-corrected chi connectivity index (χ4v) is 2.34. The van der Waals surface area contributed by atoms with Crippen molar-refractivity contribution in [1.82, 2.24) is 9.80 Å². The lowest BCUT2D eigenvalue weighted by molar-refractivity contribution is -0.136. The SMILES string of the molecule is CCC(=O)N(CC(C)(C)F)C1CCN(C)CC1. The number of hydrogen-bond acceptors (Lipinski definition) is 2. The van der Waals surface area contributed by atoms with Gasteiger partial charge in [0, 0.05) is 12.5 Å². The first-order valence-electron chi connectivity index (χ1n) is 6.50. The van der Waals surface area contributed by atoms with Crippen molar-refractivity contribution in [3.8, 4) is 0 Å². The van der Waals surface area contributed by atoms with Gasteiger partial charge < -0.3 is 9.80 Å². The second kappa shape index (κ2) is 5.80. The van der Waals surface area contributed by atoms with E-state index < -0.39 is 5.67 Å². The first kappa shape index (κ1) is 14.4. The number of carbonyl (C=O) groups excluding carboxylic acids is 1. The van der Waals surface area contributed by atoms with Crippen LogP contribution in [0.1, 0.15) is 40.0 Å². The molecule has 0 bridgehead atoms. The maximum atomic E-state index is 13.8. The van der Waals surface area contributed by atoms with Gasteiger partial charge >= 0.3 is 0 Å². The van der Waals surface area contributed by atoms with Crippen molar-refractivity contribution in [1.29, 1.82) is 0 Å². The number of halogens is 1. The van der Waals surface area contributed by atoms with Crippen LogP contribution in [-0.2, 0) is 4.79 Å². The monoisotopic (exact) mass is 244 g/mol. The molecule has 0 spiro atoms. The minimum Gasteiger partial charge on any atom is -0.336 e. The second-order valence-corrected chi connectivity index (χ2v) is 5.63. The second-order valence-electron chi connectivity index (χ2n) is 5.63. The van der Waals surface area contributed by atoms with Gasteiger partial charge in [0.05, 0.1) is 6.54 Å². The predicted octanol–water partition coefficient (Wildman–Crippen LogP) is 2.07. The molecular formula is C13H25FN2O. The third-order valence-electron chi connectivity index (χ3n) is 3.30. The Morgan fingerprint density at radius 3 is 2.35 bits per heavy atom. The number of carbonyl (C=O) groups is 1. The summed E-state index contributed by atoms with van der Waals surface area (Å²) in [4.78, 5) is 15.9. The first-order valence-corrected chi connectivity index (χ1v) is 6.50. The summed E-state index contributed by atoms with van der Waals surface area (Å²) in [5.41, 5.74) is -1.31. The van der Waals surface area contributed by atoms with Crippen LogP contribution in [0, 0.1) is 0 Å². The first-order chi connectivity index (χ1) is 7.83. The molecule has 17 heavy (non-hydrogen) atoms. The number of alkyl halides is 1.